The molecule has 2 aromatic heterocycles. The van der Waals surface area contributed by atoms with E-state index in [1.165, 1.54) is 0 Å². The second-order valence-electron chi connectivity index (χ2n) is 5.98. The molecule has 0 atom stereocenters. The van der Waals surface area contributed by atoms with Crippen LogP contribution in [0.4, 0.5) is 23.1 Å². The average Bonchev–Trinajstić information content (AvgIpc) is 2.99. The number of amides is 1. The van der Waals surface area contributed by atoms with E-state index in [1.54, 1.807) is 16.9 Å². The largest absolute Gasteiger partial charge is 0.381 e. The van der Waals surface area contributed by atoms with Gasteiger partial charge >= 0.3 is 0 Å². The topological polar surface area (TPSA) is 110 Å². The molecule has 0 bridgehead atoms. The van der Waals surface area contributed by atoms with Gasteiger partial charge in [0.2, 0.25) is 11.9 Å². The number of hydrogen-bond acceptors (Lipinski definition) is 6. The van der Waals surface area contributed by atoms with Crippen molar-refractivity contribution in [3.8, 4) is 0 Å². The zero-order valence-electron chi connectivity index (χ0n) is 12.7. The number of nitrogens with one attached hydrogen (secondary N) is 2. The van der Waals surface area contributed by atoms with Crippen LogP contribution >= 0.6 is 0 Å². The minimum absolute atomic E-state index is 0.00523. The van der Waals surface area contributed by atoms with Gasteiger partial charge in [-0.2, -0.15) is 4.98 Å². The molecule has 0 aliphatic carbocycles. The first kappa shape index (κ1) is 13.5. The summed E-state index contributed by atoms with van der Waals surface area (Å²) in [6.07, 6.45) is 3.24. The van der Waals surface area contributed by atoms with E-state index in [2.05, 4.69) is 25.7 Å². The predicted octanol–water partition coefficient (Wildman–Crippen LogP) is 1.68. The number of hydrogen-bond donors (Lipinski definition) is 3. The number of benzene rings is 1. The maximum absolute atomic E-state index is 12.0. The van der Waals surface area contributed by atoms with Crippen molar-refractivity contribution >= 4 is 34.7 Å². The summed E-state index contributed by atoms with van der Waals surface area (Å²) in [7, 11) is 0. The lowest BCUT2D eigenvalue weighted by Gasteiger charge is -2.14. The fraction of sp³-hybridized carbons (Fsp3) is 0.200. The molecule has 116 valence electrons. The molecule has 0 saturated heterocycles. The van der Waals surface area contributed by atoms with Gasteiger partial charge in [0.15, 0.2) is 11.5 Å². The summed E-state index contributed by atoms with van der Waals surface area (Å²) in [6, 6.07) is 5.70. The molecule has 0 unspecified atom stereocenters. The molecule has 1 aromatic carbocycles. The van der Waals surface area contributed by atoms with Crippen LogP contribution in [0.25, 0.3) is 5.65 Å². The molecule has 23 heavy (non-hydrogen) atoms. The van der Waals surface area contributed by atoms with E-state index in [4.69, 9.17) is 5.73 Å². The Morgan fingerprint density at radius 2 is 2.17 bits per heavy atom. The second kappa shape index (κ2) is 4.42. The number of carbonyl (C=O) groups is 1. The van der Waals surface area contributed by atoms with Gasteiger partial charge in [0, 0.05) is 23.8 Å². The van der Waals surface area contributed by atoms with Crippen LogP contribution in [0.1, 0.15) is 19.4 Å². The summed E-state index contributed by atoms with van der Waals surface area (Å²) in [5.74, 6) is 0.721. The third-order valence-corrected chi connectivity index (χ3v) is 4.05. The third kappa shape index (κ3) is 1.99. The van der Waals surface area contributed by atoms with Crippen molar-refractivity contribution in [1.29, 1.82) is 0 Å². The number of nitrogen functional groups attached to an aromatic ring is 1. The smallest absolute Gasteiger partial charge is 0.247 e. The first-order chi connectivity index (χ1) is 10.9. The Morgan fingerprint density at radius 1 is 1.35 bits per heavy atom. The van der Waals surface area contributed by atoms with Crippen molar-refractivity contribution in [3.63, 3.8) is 0 Å². The van der Waals surface area contributed by atoms with E-state index in [-0.39, 0.29) is 5.91 Å². The van der Waals surface area contributed by atoms with Gasteiger partial charge in [0.05, 0.1) is 5.41 Å². The van der Waals surface area contributed by atoms with Crippen LogP contribution in [0.3, 0.4) is 0 Å². The minimum Gasteiger partial charge on any atom is -0.381 e. The molecule has 1 amide bonds. The van der Waals surface area contributed by atoms with Crippen molar-refractivity contribution in [3.05, 3.63) is 36.2 Å². The summed E-state index contributed by atoms with van der Waals surface area (Å²) in [4.78, 5) is 20.3. The van der Waals surface area contributed by atoms with Gasteiger partial charge < -0.3 is 16.4 Å². The highest BCUT2D eigenvalue weighted by atomic mass is 16.2. The lowest BCUT2D eigenvalue weighted by molar-refractivity contribution is -0.119. The van der Waals surface area contributed by atoms with Crippen molar-refractivity contribution in [1.82, 2.24) is 19.6 Å². The number of anilines is 4. The fourth-order valence-corrected chi connectivity index (χ4v) is 2.69. The summed E-state index contributed by atoms with van der Waals surface area (Å²) < 4.78 is 1.56. The number of rotatable bonds is 2. The Balaban J connectivity index is 1.68. The maximum atomic E-state index is 12.0. The highest BCUT2D eigenvalue weighted by molar-refractivity contribution is 6.06. The second-order valence-corrected chi connectivity index (χ2v) is 5.98. The predicted molar refractivity (Wildman–Crippen MR) is 86.6 cm³/mol. The molecule has 0 fully saturated rings. The number of fused-ring (bicyclic) bond motifs is 2. The first-order valence-corrected chi connectivity index (χ1v) is 7.15. The van der Waals surface area contributed by atoms with E-state index in [0.29, 0.717) is 17.4 Å². The molecule has 8 nitrogen and oxygen atoms in total. The zero-order chi connectivity index (χ0) is 16.2. The van der Waals surface area contributed by atoms with Crippen LogP contribution in [0.5, 0.6) is 0 Å². The SMILES string of the molecule is CC1(C)C(=O)Nc2cc(Nc3nc4c(N)nccn4n3)ccc21. The van der Waals surface area contributed by atoms with Crippen molar-refractivity contribution in [2.75, 3.05) is 16.4 Å². The van der Waals surface area contributed by atoms with Crippen molar-refractivity contribution in [2.45, 2.75) is 19.3 Å². The van der Waals surface area contributed by atoms with Gasteiger partial charge in [-0.25, -0.2) is 9.50 Å². The molecule has 3 aromatic rings. The van der Waals surface area contributed by atoms with Crippen LogP contribution in [-0.2, 0) is 10.2 Å². The molecule has 3 heterocycles. The summed E-state index contributed by atoms with van der Waals surface area (Å²) in [6.45, 7) is 3.81. The standard InChI is InChI=1S/C15H15N7O/c1-15(2)9-4-3-8(7-10(9)19-13(15)23)18-14-20-12-11(16)17-5-6-22(12)21-14/h3-7H,1-2H3,(H2,16,17)(H,18,21)(H,19,23). The average molecular weight is 309 g/mol. The molecule has 4 N–H and O–H groups in total. The molecule has 0 radical (unpaired) electrons. The summed E-state index contributed by atoms with van der Waals surface area (Å²) >= 11 is 0. The van der Waals surface area contributed by atoms with Gasteiger partial charge in [-0.3, -0.25) is 4.79 Å². The lowest BCUT2D eigenvalue weighted by Crippen LogP contribution is -2.26. The normalized spacial score (nSPS) is 15.5. The molecule has 4 rings (SSSR count). The molecule has 1 aliphatic heterocycles. The zero-order valence-corrected chi connectivity index (χ0v) is 12.7. The molecule has 1 aliphatic rings. The van der Waals surface area contributed by atoms with E-state index in [0.717, 1.165) is 16.9 Å². The van der Waals surface area contributed by atoms with Gasteiger partial charge in [-0.15, -0.1) is 5.10 Å². The van der Waals surface area contributed by atoms with Crippen LogP contribution in [-0.4, -0.2) is 25.5 Å². The molecular weight excluding hydrogens is 294 g/mol. The van der Waals surface area contributed by atoms with Crippen molar-refractivity contribution < 1.29 is 4.79 Å². The van der Waals surface area contributed by atoms with Gasteiger partial charge in [-0.1, -0.05) is 6.07 Å². The monoisotopic (exact) mass is 309 g/mol. The Bertz CT molecular complexity index is 944. The molecule has 0 saturated carbocycles. The molecular formula is C15H15N7O. The van der Waals surface area contributed by atoms with E-state index >= 15 is 0 Å². The van der Waals surface area contributed by atoms with E-state index in [1.807, 2.05) is 32.0 Å². The van der Waals surface area contributed by atoms with Crippen LogP contribution in [0.15, 0.2) is 30.6 Å². The maximum Gasteiger partial charge on any atom is 0.247 e. The number of nitrogens with two attached hydrogens (primary N) is 1. The third-order valence-electron chi connectivity index (χ3n) is 4.05. The fourth-order valence-electron chi connectivity index (χ4n) is 2.69. The van der Waals surface area contributed by atoms with E-state index < -0.39 is 5.41 Å². The quantitative estimate of drug-likeness (QED) is 0.664. The highest BCUT2D eigenvalue weighted by Crippen LogP contribution is 2.38. The number of aromatic nitrogens is 4. The Labute approximate surface area is 131 Å². The van der Waals surface area contributed by atoms with Gasteiger partial charge in [0.1, 0.15) is 0 Å². The number of nitrogens with zero attached hydrogens (tertiary/aromatic N) is 4. The van der Waals surface area contributed by atoms with Gasteiger partial charge in [-0.05, 0) is 31.5 Å². The Kier molecular flexibility index (Phi) is 2.59. The Hall–Kier alpha value is -3.16. The van der Waals surface area contributed by atoms with Crippen LogP contribution < -0.4 is 16.4 Å². The minimum atomic E-state index is -0.519. The van der Waals surface area contributed by atoms with Gasteiger partial charge in [0.25, 0.3) is 0 Å². The van der Waals surface area contributed by atoms with Crippen LogP contribution in [0.2, 0.25) is 0 Å². The Morgan fingerprint density at radius 3 is 2.96 bits per heavy atom. The molecule has 0 spiro atoms. The van der Waals surface area contributed by atoms with Crippen LogP contribution in [0, 0.1) is 0 Å². The summed E-state index contributed by atoms with van der Waals surface area (Å²) in [5, 5.41) is 10.3. The summed E-state index contributed by atoms with van der Waals surface area (Å²) in [5.41, 5.74) is 8.30. The van der Waals surface area contributed by atoms with E-state index in [9.17, 15) is 4.79 Å². The lowest BCUT2D eigenvalue weighted by atomic mass is 9.86. The number of carbonyl (C=O) groups excluding carboxylic acids is 1. The van der Waals surface area contributed by atoms with Crippen molar-refractivity contribution in [2.24, 2.45) is 0 Å². The molecule has 8 heteroatoms. The first-order valence-electron chi connectivity index (χ1n) is 7.15. The highest BCUT2D eigenvalue weighted by Gasteiger charge is 2.38.